The van der Waals surface area contributed by atoms with Crippen LogP contribution < -0.4 is 16.0 Å². The zero-order valence-electron chi connectivity index (χ0n) is 11.7. The first-order chi connectivity index (χ1) is 10.1. The summed E-state index contributed by atoms with van der Waals surface area (Å²) in [6.45, 7) is 1.82. The summed E-state index contributed by atoms with van der Waals surface area (Å²) in [6, 6.07) is 16.1. The molecular weight excluding hydrogens is 266 g/mol. The van der Waals surface area contributed by atoms with Gasteiger partial charge < -0.3 is 16.0 Å². The molecule has 0 saturated carbocycles. The van der Waals surface area contributed by atoms with Crippen molar-refractivity contribution in [2.75, 3.05) is 17.2 Å². The van der Waals surface area contributed by atoms with E-state index in [-0.39, 0.29) is 12.5 Å². The van der Waals surface area contributed by atoms with Gasteiger partial charge >= 0.3 is 6.03 Å². The zero-order valence-corrected chi connectivity index (χ0v) is 11.7. The molecule has 0 aliphatic heterocycles. The van der Waals surface area contributed by atoms with Gasteiger partial charge in [0, 0.05) is 11.4 Å². The third kappa shape index (κ3) is 4.65. The molecule has 2 rings (SSSR count). The highest BCUT2D eigenvalue weighted by molar-refractivity contribution is 5.97. The van der Waals surface area contributed by atoms with Crippen LogP contribution in [-0.4, -0.2) is 18.5 Å². The van der Waals surface area contributed by atoms with Crippen molar-refractivity contribution in [3.05, 3.63) is 60.2 Å². The number of anilines is 2. The quantitative estimate of drug-likeness (QED) is 0.807. The Bertz CT molecular complexity index is 626. The Morgan fingerprint density at radius 2 is 1.57 bits per heavy atom. The molecule has 0 aromatic heterocycles. The van der Waals surface area contributed by atoms with Gasteiger partial charge in [0.05, 0.1) is 6.54 Å². The number of aryl methyl sites for hydroxylation is 1. The van der Waals surface area contributed by atoms with Crippen molar-refractivity contribution in [1.29, 1.82) is 0 Å². The van der Waals surface area contributed by atoms with Crippen LogP contribution in [0, 0.1) is 6.92 Å². The highest BCUT2D eigenvalue weighted by atomic mass is 16.2. The predicted octanol–water partition coefficient (Wildman–Crippen LogP) is 2.76. The summed E-state index contributed by atoms with van der Waals surface area (Å²) in [5.74, 6) is -0.271. The lowest BCUT2D eigenvalue weighted by molar-refractivity contribution is -0.115. The van der Waals surface area contributed by atoms with Crippen LogP contribution in [0.15, 0.2) is 54.6 Å². The lowest BCUT2D eigenvalue weighted by Crippen LogP contribution is -2.35. The van der Waals surface area contributed by atoms with Gasteiger partial charge in [-0.15, -0.1) is 0 Å². The number of hydrogen-bond donors (Lipinski definition) is 3. The monoisotopic (exact) mass is 283 g/mol. The van der Waals surface area contributed by atoms with Crippen molar-refractivity contribution in [3.8, 4) is 0 Å². The number of carbonyl (C=O) groups excluding carboxylic acids is 2. The van der Waals surface area contributed by atoms with Crippen molar-refractivity contribution < 1.29 is 9.59 Å². The minimum atomic E-state index is -0.416. The van der Waals surface area contributed by atoms with Crippen LogP contribution in [0.1, 0.15) is 5.56 Å². The lowest BCUT2D eigenvalue weighted by Gasteiger charge is -2.09. The Morgan fingerprint density at radius 3 is 2.29 bits per heavy atom. The molecule has 2 aromatic rings. The van der Waals surface area contributed by atoms with E-state index in [9.17, 15) is 9.59 Å². The van der Waals surface area contributed by atoms with E-state index in [1.54, 1.807) is 12.1 Å². The SMILES string of the molecule is Cc1ccccc1NC(=O)CNC(=O)Nc1ccccc1. The molecule has 3 N–H and O–H groups in total. The van der Waals surface area contributed by atoms with Crippen molar-refractivity contribution in [1.82, 2.24) is 5.32 Å². The van der Waals surface area contributed by atoms with Crippen LogP contribution in [-0.2, 0) is 4.79 Å². The van der Waals surface area contributed by atoms with Crippen molar-refractivity contribution >= 4 is 23.3 Å². The summed E-state index contributed by atoms with van der Waals surface area (Å²) in [5, 5.41) is 7.90. The van der Waals surface area contributed by atoms with Gasteiger partial charge in [0.15, 0.2) is 0 Å². The van der Waals surface area contributed by atoms with Gasteiger partial charge in [0.1, 0.15) is 0 Å². The van der Waals surface area contributed by atoms with Gasteiger partial charge in [-0.2, -0.15) is 0 Å². The molecule has 0 unspecified atom stereocenters. The molecule has 108 valence electrons. The topological polar surface area (TPSA) is 70.2 Å². The van der Waals surface area contributed by atoms with E-state index in [2.05, 4.69) is 16.0 Å². The first-order valence-corrected chi connectivity index (χ1v) is 6.60. The first-order valence-electron chi connectivity index (χ1n) is 6.60. The number of nitrogens with one attached hydrogen (secondary N) is 3. The Kier molecular flexibility index (Phi) is 4.93. The summed E-state index contributed by atoms with van der Waals surface area (Å²) in [6.07, 6.45) is 0. The van der Waals surface area contributed by atoms with E-state index in [1.807, 2.05) is 49.4 Å². The summed E-state index contributed by atoms with van der Waals surface area (Å²) in [4.78, 5) is 23.4. The summed E-state index contributed by atoms with van der Waals surface area (Å²) < 4.78 is 0. The molecule has 0 aliphatic rings. The minimum Gasteiger partial charge on any atom is -0.329 e. The van der Waals surface area contributed by atoms with Crippen LogP contribution >= 0.6 is 0 Å². The molecule has 5 heteroatoms. The number of amides is 3. The van der Waals surface area contributed by atoms with Gasteiger partial charge in [-0.1, -0.05) is 36.4 Å². The molecule has 0 fully saturated rings. The fourth-order valence-electron chi connectivity index (χ4n) is 1.76. The van der Waals surface area contributed by atoms with E-state index >= 15 is 0 Å². The average Bonchev–Trinajstić information content (AvgIpc) is 2.49. The fourth-order valence-corrected chi connectivity index (χ4v) is 1.76. The molecule has 0 saturated heterocycles. The van der Waals surface area contributed by atoms with Gasteiger partial charge in [0.25, 0.3) is 0 Å². The fraction of sp³-hybridized carbons (Fsp3) is 0.125. The number of hydrogen-bond acceptors (Lipinski definition) is 2. The third-order valence-corrected chi connectivity index (χ3v) is 2.86. The largest absolute Gasteiger partial charge is 0.329 e. The number of urea groups is 1. The normalized spacial score (nSPS) is 9.76. The summed E-state index contributed by atoms with van der Waals surface area (Å²) in [7, 11) is 0. The molecule has 21 heavy (non-hydrogen) atoms. The second kappa shape index (κ2) is 7.09. The predicted molar refractivity (Wildman–Crippen MR) is 83.3 cm³/mol. The molecular formula is C16H17N3O2. The maximum absolute atomic E-state index is 11.8. The Balaban J connectivity index is 1.79. The molecule has 0 aliphatic carbocycles. The van der Waals surface area contributed by atoms with Crippen LogP contribution in [0.5, 0.6) is 0 Å². The van der Waals surface area contributed by atoms with E-state index < -0.39 is 6.03 Å². The highest BCUT2D eigenvalue weighted by Gasteiger charge is 2.06. The maximum Gasteiger partial charge on any atom is 0.319 e. The molecule has 5 nitrogen and oxygen atoms in total. The number of benzene rings is 2. The van der Waals surface area contributed by atoms with Crippen molar-refractivity contribution in [2.24, 2.45) is 0 Å². The van der Waals surface area contributed by atoms with Crippen LogP contribution in [0.3, 0.4) is 0 Å². The molecule has 3 amide bonds. The van der Waals surface area contributed by atoms with Crippen LogP contribution in [0.2, 0.25) is 0 Å². The molecule has 0 heterocycles. The van der Waals surface area contributed by atoms with E-state index in [4.69, 9.17) is 0 Å². The second-order valence-corrected chi connectivity index (χ2v) is 4.54. The van der Waals surface area contributed by atoms with Gasteiger partial charge in [-0.05, 0) is 30.7 Å². The number of carbonyl (C=O) groups is 2. The summed E-state index contributed by atoms with van der Waals surface area (Å²) >= 11 is 0. The van der Waals surface area contributed by atoms with E-state index in [1.165, 1.54) is 0 Å². The van der Waals surface area contributed by atoms with Gasteiger partial charge in [0.2, 0.25) is 5.91 Å². The van der Waals surface area contributed by atoms with Crippen molar-refractivity contribution in [3.63, 3.8) is 0 Å². The average molecular weight is 283 g/mol. The molecule has 0 radical (unpaired) electrons. The lowest BCUT2D eigenvalue weighted by atomic mass is 10.2. The van der Waals surface area contributed by atoms with Gasteiger partial charge in [-0.25, -0.2) is 4.79 Å². The Labute approximate surface area is 123 Å². The molecule has 0 spiro atoms. The van der Waals surface area contributed by atoms with E-state index in [0.29, 0.717) is 5.69 Å². The Hall–Kier alpha value is -2.82. The first kappa shape index (κ1) is 14.6. The van der Waals surface area contributed by atoms with Crippen LogP contribution in [0.4, 0.5) is 16.2 Å². The van der Waals surface area contributed by atoms with Crippen molar-refractivity contribution in [2.45, 2.75) is 6.92 Å². The highest BCUT2D eigenvalue weighted by Crippen LogP contribution is 2.12. The second-order valence-electron chi connectivity index (χ2n) is 4.54. The van der Waals surface area contributed by atoms with Crippen LogP contribution in [0.25, 0.3) is 0 Å². The molecule has 0 atom stereocenters. The number of rotatable bonds is 4. The minimum absolute atomic E-state index is 0.0903. The summed E-state index contributed by atoms with van der Waals surface area (Å²) in [5.41, 5.74) is 2.39. The van der Waals surface area contributed by atoms with E-state index in [0.717, 1.165) is 11.3 Å². The molecule has 0 bridgehead atoms. The third-order valence-electron chi connectivity index (χ3n) is 2.86. The molecule has 2 aromatic carbocycles. The number of para-hydroxylation sites is 2. The van der Waals surface area contributed by atoms with Gasteiger partial charge in [-0.3, -0.25) is 4.79 Å². The zero-order chi connectivity index (χ0) is 15.1. The maximum atomic E-state index is 11.8. The Morgan fingerprint density at radius 1 is 0.905 bits per heavy atom. The standard InChI is InChI=1S/C16H17N3O2/c1-12-7-5-6-10-14(12)19-15(20)11-17-16(21)18-13-8-3-2-4-9-13/h2-10H,11H2,1H3,(H,19,20)(H2,17,18,21). The smallest absolute Gasteiger partial charge is 0.319 e.